The Morgan fingerprint density at radius 1 is 0.939 bits per heavy atom. The zero-order chi connectivity index (χ0) is 23.8. The third-order valence-corrected chi connectivity index (χ3v) is 5.83. The Morgan fingerprint density at radius 2 is 1.64 bits per heavy atom. The van der Waals surface area contributed by atoms with Gasteiger partial charge in [0.25, 0.3) is 0 Å². The molecule has 3 aromatic carbocycles. The number of hydrogen-bond donors (Lipinski definition) is 3. The molecule has 0 heterocycles. The smallest absolute Gasteiger partial charge is 0.426 e. The maximum Gasteiger partial charge on any atom is 0.475 e. The molecule has 0 spiro atoms. The lowest BCUT2D eigenvalue weighted by molar-refractivity contribution is -0.123. The summed E-state index contributed by atoms with van der Waals surface area (Å²) in [6, 6.07) is 23.3. The van der Waals surface area contributed by atoms with Crippen LogP contribution in [0.2, 0.25) is 5.02 Å². The van der Waals surface area contributed by atoms with E-state index in [2.05, 4.69) is 5.32 Å². The van der Waals surface area contributed by atoms with Crippen LogP contribution < -0.4 is 5.32 Å². The average molecular weight is 464 g/mol. The van der Waals surface area contributed by atoms with Crippen LogP contribution in [0.5, 0.6) is 0 Å². The molecule has 3 aromatic rings. The fourth-order valence-corrected chi connectivity index (χ4v) is 3.96. The molecule has 1 amide bonds. The summed E-state index contributed by atoms with van der Waals surface area (Å²) in [5.41, 5.74) is 3.10. The first kappa shape index (κ1) is 24.7. The molecule has 0 bridgehead atoms. The van der Waals surface area contributed by atoms with Crippen molar-refractivity contribution in [2.24, 2.45) is 0 Å². The second kappa shape index (κ2) is 11.8. The number of nitrogens with one attached hydrogen (secondary N) is 1. The van der Waals surface area contributed by atoms with Crippen molar-refractivity contribution in [3.8, 4) is 0 Å². The van der Waals surface area contributed by atoms with Crippen molar-refractivity contribution < 1.29 is 19.6 Å². The average Bonchev–Trinajstić information content (AvgIpc) is 2.82. The molecule has 7 heteroatoms. The standard InChI is InChI=1S/C26H27BClNO4/c1-2-18-8-6-9-19(14-18)15-25(27(32)33)29-26(31)23(21-12-7-13-22(28)16-21)17-24(30)20-10-4-3-5-11-20/h3-14,16,23,25,32-33H,2,15,17H2,1H3,(H,29,31)/t23-,25-/m0/s1. The van der Waals surface area contributed by atoms with E-state index in [-0.39, 0.29) is 18.6 Å². The van der Waals surface area contributed by atoms with Crippen LogP contribution in [0, 0.1) is 0 Å². The van der Waals surface area contributed by atoms with E-state index in [1.165, 1.54) is 0 Å². The van der Waals surface area contributed by atoms with E-state index in [0.29, 0.717) is 16.1 Å². The quantitative estimate of drug-likeness (QED) is 0.313. The van der Waals surface area contributed by atoms with Crippen LogP contribution in [-0.2, 0) is 17.6 Å². The van der Waals surface area contributed by atoms with E-state index < -0.39 is 24.9 Å². The first-order valence-electron chi connectivity index (χ1n) is 11.0. The minimum atomic E-state index is -1.76. The van der Waals surface area contributed by atoms with Gasteiger partial charge >= 0.3 is 7.12 Å². The summed E-state index contributed by atoms with van der Waals surface area (Å²) >= 11 is 6.14. The van der Waals surface area contributed by atoms with Crippen molar-refractivity contribution in [3.05, 3.63) is 106 Å². The van der Waals surface area contributed by atoms with Gasteiger partial charge in [0.1, 0.15) is 0 Å². The molecule has 3 rings (SSSR count). The van der Waals surface area contributed by atoms with Crippen molar-refractivity contribution in [2.45, 2.75) is 38.0 Å². The number of amides is 1. The highest BCUT2D eigenvalue weighted by atomic mass is 35.5. The summed E-state index contributed by atoms with van der Waals surface area (Å²) < 4.78 is 0. The molecular formula is C26H27BClNO4. The predicted molar refractivity (Wildman–Crippen MR) is 131 cm³/mol. The van der Waals surface area contributed by atoms with Crippen LogP contribution in [-0.4, -0.2) is 34.8 Å². The first-order chi connectivity index (χ1) is 15.9. The number of carbonyl (C=O) groups is 2. The zero-order valence-electron chi connectivity index (χ0n) is 18.4. The minimum absolute atomic E-state index is 0.0737. The summed E-state index contributed by atoms with van der Waals surface area (Å²) in [5.74, 6) is -2.42. The van der Waals surface area contributed by atoms with Crippen LogP contribution in [0.25, 0.3) is 0 Å². The monoisotopic (exact) mass is 463 g/mol. The van der Waals surface area contributed by atoms with Crippen LogP contribution in [0.15, 0.2) is 78.9 Å². The van der Waals surface area contributed by atoms with Crippen LogP contribution in [0.4, 0.5) is 0 Å². The number of aryl methyl sites for hydroxylation is 1. The van der Waals surface area contributed by atoms with Crippen molar-refractivity contribution >= 4 is 30.4 Å². The SMILES string of the molecule is CCc1cccc(C[C@H](NC(=O)[C@@H](CC(=O)c2ccccc2)c2cccc(Cl)c2)B(O)O)c1. The summed E-state index contributed by atoms with van der Waals surface area (Å²) in [4.78, 5) is 26.2. The van der Waals surface area contributed by atoms with Crippen molar-refractivity contribution in [2.75, 3.05) is 0 Å². The van der Waals surface area contributed by atoms with Crippen molar-refractivity contribution in [3.63, 3.8) is 0 Å². The number of rotatable bonds is 10. The van der Waals surface area contributed by atoms with Gasteiger partial charge in [-0.3, -0.25) is 9.59 Å². The Labute approximate surface area is 199 Å². The fourth-order valence-electron chi connectivity index (χ4n) is 3.76. The van der Waals surface area contributed by atoms with Gasteiger partial charge in [0.05, 0.1) is 11.9 Å². The molecule has 0 fully saturated rings. The summed E-state index contributed by atoms with van der Waals surface area (Å²) in [5, 5.41) is 23.1. The Hall–Kier alpha value is -2.93. The second-order valence-corrected chi connectivity index (χ2v) is 8.44. The van der Waals surface area contributed by atoms with Crippen LogP contribution >= 0.6 is 11.6 Å². The minimum Gasteiger partial charge on any atom is -0.426 e. The van der Waals surface area contributed by atoms with E-state index in [9.17, 15) is 19.6 Å². The van der Waals surface area contributed by atoms with Gasteiger partial charge in [-0.05, 0) is 41.7 Å². The van der Waals surface area contributed by atoms with E-state index in [1.807, 2.05) is 37.3 Å². The number of ketones is 1. The van der Waals surface area contributed by atoms with Gasteiger partial charge in [0, 0.05) is 17.0 Å². The van der Waals surface area contributed by atoms with Gasteiger partial charge in [-0.2, -0.15) is 0 Å². The Bertz CT molecular complexity index is 1090. The van der Waals surface area contributed by atoms with Gasteiger partial charge in [0.2, 0.25) is 5.91 Å². The summed E-state index contributed by atoms with van der Waals surface area (Å²) in [6.45, 7) is 2.04. The Kier molecular flexibility index (Phi) is 8.83. The highest BCUT2D eigenvalue weighted by Gasteiger charge is 2.31. The molecule has 0 saturated heterocycles. The molecule has 0 aliphatic carbocycles. The van der Waals surface area contributed by atoms with E-state index in [0.717, 1.165) is 17.5 Å². The maximum atomic E-state index is 13.3. The lowest BCUT2D eigenvalue weighted by Gasteiger charge is -2.23. The van der Waals surface area contributed by atoms with Crippen molar-refractivity contribution in [1.29, 1.82) is 0 Å². The van der Waals surface area contributed by atoms with Gasteiger partial charge in [0.15, 0.2) is 5.78 Å². The molecule has 0 aliphatic rings. The molecule has 0 saturated carbocycles. The van der Waals surface area contributed by atoms with E-state index >= 15 is 0 Å². The lowest BCUT2D eigenvalue weighted by Crippen LogP contribution is -2.49. The number of carbonyl (C=O) groups excluding carboxylic acids is 2. The number of Topliss-reactive ketones (excluding diaryl/α,β-unsaturated/α-hetero) is 1. The van der Waals surface area contributed by atoms with Crippen LogP contribution in [0.1, 0.15) is 46.3 Å². The van der Waals surface area contributed by atoms with Gasteiger partial charge in [-0.1, -0.05) is 85.3 Å². The number of hydrogen-bond acceptors (Lipinski definition) is 4. The molecule has 0 unspecified atom stereocenters. The molecule has 0 aliphatic heterocycles. The predicted octanol–water partition coefficient (Wildman–Crippen LogP) is 4.00. The zero-order valence-corrected chi connectivity index (χ0v) is 19.2. The Balaban J connectivity index is 1.83. The van der Waals surface area contributed by atoms with E-state index in [4.69, 9.17) is 11.6 Å². The Morgan fingerprint density at radius 3 is 2.30 bits per heavy atom. The molecule has 2 atom stereocenters. The third-order valence-electron chi connectivity index (χ3n) is 5.60. The highest BCUT2D eigenvalue weighted by molar-refractivity contribution is 6.43. The topological polar surface area (TPSA) is 86.6 Å². The number of benzene rings is 3. The van der Waals surface area contributed by atoms with E-state index in [1.54, 1.807) is 48.5 Å². The van der Waals surface area contributed by atoms with Crippen LogP contribution in [0.3, 0.4) is 0 Å². The molecular weight excluding hydrogens is 437 g/mol. The lowest BCUT2D eigenvalue weighted by atomic mass is 9.75. The second-order valence-electron chi connectivity index (χ2n) is 8.01. The summed E-state index contributed by atoms with van der Waals surface area (Å²) in [7, 11) is -1.76. The highest BCUT2D eigenvalue weighted by Crippen LogP contribution is 2.25. The van der Waals surface area contributed by atoms with Crippen molar-refractivity contribution in [1.82, 2.24) is 5.32 Å². The molecule has 170 valence electrons. The van der Waals surface area contributed by atoms with Gasteiger partial charge in [-0.25, -0.2) is 0 Å². The summed E-state index contributed by atoms with van der Waals surface area (Å²) in [6.07, 6.45) is 1.02. The third kappa shape index (κ3) is 7.03. The maximum absolute atomic E-state index is 13.3. The molecule has 33 heavy (non-hydrogen) atoms. The number of halogens is 1. The first-order valence-corrected chi connectivity index (χ1v) is 11.3. The van der Waals surface area contributed by atoms with Gasteiger partial charge in [-0.15, -0.1) is 0 Å². The fraction of sp³-hybridized carbons (Fsp3) is 0.231. The largest absolute Gasteiger partial charge is 0.475 e. The molecule has 5 nitrogen and oxygen atoms in total. The van der Waals surface area contributed by atoms with Gasteiger partial charge < -0.3 is 15.4 Å². The normalized spacial score (nSPS) is 12.6. The molecule has 0 radical (unpaired) electrons. The molecule has 0 aromatic heterocycles. The molecule has 3 N–H and O–H groups in total.